The summed E-state index contributed by atoms with van der Waals surface area (Å²) in [5.41, 5.74) is 2.94. The SMILES string of the molecule is COC(=O)CN[C@@H](C)c1ccc(OCCc2nc(-c3ccccc3)oc2C)cc1. The van der Waals surface area contributed by atoms with E-state index in [-0.39, 0.29) is 18.6 Å². The van der Waals surface area contributed by atoms with Crippen LogP contribution < -0.4 is 10.1 Å². The van der Waals surface area contributed by atoms with Crippen LogP contribution in [0.1, 0.15) is 30.0 Å². The predicted molar refractivity (Wildman–Crippen MR) is 111 cm³/mol. The fourth-order valence-electron chi connectivity index (χ4n) is 2.91. The standard InChI is InChI=1S/C23H26N2O4/c1-16(24-15-22(26)27-3)18-9-11-20(12-10-18)28-14-13-21-17(2)29-23(25-21)19-7-5-4-6-8-19/h4-12,16,24H,13-15H2,1-3H3/t16-/m0/s1. The Morgan fingerprint density at radius 1 is 1.14 bits per heavy atom. The Bertz CT molecular complexity index is 920. The van der Waals surface area contributed by atoms with Gasteiger partial charge in [0.15, 0.2) is 0 Å². The molecule has 3 rings (SSSR count). The number of carbonyl (C=O) groups excluding carboxylic acids is 1. The number of rotatable bonds is 9. The molecule has 0 bridgehead atoms. The number of oxazole rings is 1. The lowest BCUT2D eigenvalue weighted by Crippen LogP contribution is -2.26. The van der Waals surface area contributed by atoms with Gasteiger partial charge in [-0.3, -0.25) is 4.79 Å². The molecule has 0 unspecified atom stereocenters. The van der Waals surface area contributed by atoms with Gasteiger partial charge in [-0.05, 0) is 43.7 Å². The first-order valence-corrected chi connectivity index (χ1v) is 9.61. The average Bonchev–Trinajstić information content (AvgIpc) is 3.13. The minimum absolute atomic E-state index is 0.0392. The molecule has 152 valence electrons. The molecule has 0 saturated heterocycles. The second-order valence-electron chi connectivity index (χ2n) is 6.73. The summed E-state index contributed by atoms with van der Waals surface area (Å²) in [7, 11) is 1.38. The van der Waals surface area contributed by atoms with E-state index in [2.05, 4.69) is 15.0 Å². The summed E-state index contributed by atoms with van der Waals surface area (Å²) < 4.78 is 16.3. The zero-order chi connectivity index (χ0) is 20.6. The van der Waals surface area contributed by atoms with Crippen molar-refractivity contribution in [2.24, 2.45) is 0 Å². The highest BCUT2D eigenvalue weighted by Gasteiger charge is 2.12. The highest BCUT2D eigenvalue weighted by molar-refractivity contribution is 5.71. The van der Waals surface area contributed by atoms with Gasteiger partial charge in [-0.15, -0.1) is 0 Å². The first kappa shape index (κ1) is 20.6. The van der Waals surface area contributed by atoms with Crippen molar-refractivity contribution in [2.75, 3.05) is 20.3 Å². The van der Waals surface area contributed by atoms with Crippen molar-refractivity contribution in [1.29, 1.82) is 0 Å². The fraction of sp³-hybridized carbons (Fsp3) is 0.304. The van der Waals surface area contributed by atoms with Crippen LogP contribution in [0.25, 0.3) is 11.5 Å². The number of methoxy groups -OCH3 is 1. The van der Waals surface area contributed by atoms with Crippen LogP contribution >= 0.6 is 0 Å². The quantitative estimate of drug-likeness (QED) is 0.551. The van der Waals surface area contributed by atoms with Crippen LogP contribution in [-0.4, -0.2) is 31.2 Å². The van der Waals surface area contributed by atoms with E-state index < -0.39 is 0 Å². The molecule has 1 aromatic heterocycles. The predicted octanol–water partition coefficient (Wildman–Crippen LogP) is 4.10. The zero-order valence-corrected chi connectivity index (χ0v) is 17.0. The van der Waals surface area contributed by atoms with Crippen LogP contribution in [0.3, 0.4) is 0 Å². The molecule has 0 spiro atoms. The smallest absolute Gasteiger partial charge is 0.319 e. The third-order valence-corrected chi connectivity index (χ3v) is 4.68. The lowest BCUT2D eigenvalue weighted by Gasteiger charge is -2.14. The number of hydrogen-bond donors (Lipinski definition) is 1. The van der Waals surface area contributed by atoms with E-state index in [4.69, 9.17) is 9.15 Å². The lowest BCUT2D eigenvalue weighted by molar-refractivity contribution is -0.139. The number of esters is 1. The van der Waals surface area contributed by atoms with Crippen LogP contribution in [0, 0.1) is 6.92 Å². The van der Waals surface area contributed by atoms with E-state index in [1.54, 1.807) is 0 Å². The lowest BCUT2D eigenvalue weighted by atomic mass is 10.1. The third kappa shape index (κ3) is 5.68. The molecule has 6 nitrogen and oxygen atoms in total. The number of carbonyl (C=O) groups is 1. The van der Waals surface area contributed by atoms with Gasteiger partial charge >= 0.3 is 5.97 Å². The van der Waals surface area contributed by atoms with Gasteiger partial charge in [0.05, 0.1) is 26.0 Å². The summed E-state index contributed by atoms with van der Waals surface area (Å²) in [6, 6.07) is 17.7. The first-order valence-electron chi connectivity index (χ1n) is 9.61. The number of benzene rings is 2. The van der Waals surface area contributed by atoms with Crippen LogP contribution in [0.2, 0.25) is 0 Å². The van der Waals surface area contributed by atoms with Gasteiger partial charge in [0.1, 0.15) is 11.5 Å². The summed E-state index contributed by atoms with van der Waals surface area (Å²) in [6.45, 7) is 4.61. The molecule has 1 N–H and O–H groups in total. The average molecular weight is 394 g/mol. The minimum Gasteiger partial charge on any atom is -0.493 e. The summed E-state index contributed by atoms with van der Waals surface area (Å²) in [5.74, 6) is 1.96. The maximum absolute atomic E-state index is 11.2. The molecule has 29 heavy (non-hydrogen) atoms. The Hall–Kier alpha value is -3.12. The molecule has 2 aromatic carbocycles. The number of nitrogens with one attached hydrogen (secondary N) is 1. The van der Waals surface area contributed by atoms with Crippen molar-refractivity contribution < 1.29 is 18.7 Å². The maximum Gasteiger partial charge on any atom is 0.319 e. The molecule has 1 heterocycles. The van der Waals surface area contributed by atoms with E-state index in [9.17, 15) is 4.79 Å². The molecule has 0 saturated carbocycles. The highest BCUT2D eigenvalue weighted by Crippen LogP contribution is 2.22. The monoisotopic (exact) mass is 394 g/mol. The Labute approximate surface area is 170 Å². The number of aromatic nitrogens is 1. The van der Waals surface area contributed by atoms with Crippen molar-refractivity contribution in [3.05, 3.63) is 71.6 Å². The second-order valence-corrected chi connectivity index (χ2v) is 6.73. The number of aryl methyl sites for hydroxylation is 1. The zero-order valence-electron chi connectivity index (χ0n) is 17.0. The minimum atomic E-state index is -0.282. The Morgan fingerprint density at radius 3 is 2.55 bits per heavy atom. The van der Waals surface area contributed by atoms with E-state index >= 15 is 0 Å². The van der Waals surface area contributed by atoms with Crippen LogP contribution in [0.4, 0.5) is 0 Å². The van der Waals surface area contributed by atoms with Gasteiger partial charge in [0, 0.05) is 18.0 Å². The van der Waals surface area contributed by atoms with Crippen LogP contribution in [0.15, 0.2) is 59.0 Å². The van der Waals surface area contributed by atoms with Crippen molar-refractivity contribution in [1.82, 2.24) is 10.3 Å². The molecule has 1 atom stereocenters. The Kier molecular flexibility index (Phi) is 7.03. The molecule has 0 fully saturated rings. The second kappa shape index (κ2) is 9.89. The molecule has 0 aliphatic rings. The number of nitrogens with zero attached hydrogens (tertiary/aromatic N) is 1. The molecule has 0 amide bonds. The summed E-state index contributed by atoms with van der Waals surface area (Å²) >= 11 is 0. The van der Waals surface area contributed by atoms with Gasteiger partial charge in [0.2, 0.25) is 5.89 Å². The topological polar surface area (TPSA) is 73.6 Å². The van der Waals surface area contributed by atoms with Gasteiger partial charge in [0.25, 0.3) is 0 Å². The van der Waals surface area contributed by atoms with Gasteiger partial charge in [-0.2, -0.15) is 0 Å². The van der Waals surface area contributed by atoms with E-state index in [1.165, 1.54) is 7.11 Å². The Balaban J connectivity index is 1.51. The van der Waals surface area contributed by atoms with Crippen molar-refractivity contribution in [2.45, 2.75) is 26.3 Å². The fourth-order valence-corrected chi connectivity index (χ4v) is 2.91. The van der Waals surface area contributed by atoms with Crippen molar-refractivity contribution >= 4 is 5.97 Å². The Morgan fingerprint density at radius 2 is 1.86 bits per heavy atom. The van der Waals surface area contributed by atoms with Gasteiger partial charge in [-0.1, -0.05) is 30.3 Å². The summed E-state index contributed by atoms with van der Waals surface area (Å²) in [4.78, 5) is 15.8. The largest absolute Gasteiger partial charge is 0.493 e. The van der Waals surface area contributed by atoms with E-state index in [1.807, 2.05) is 68.4 Å². The first-order chi connectivity index (χ1) is 14.1. The van der Waals surface area contributed by atoms with E-state index in [0.29, 0.717) is 18.9 Å². The highest BCUT2D eigenvalue weighted by atomic mass is 16.5. The van der Waals surface area contributed by atoms with Crippen LogP contribution in [-0.2, 0) is 16.0 Å². The molecular formula is C23H26N2O4. The summed E-state index contributed by atoms with van der Waals surface area (Å²) in [6.07, 6.45) is 0.668. The normalized spacial score (nSPS) is 11.8. The molecular weight excluding hydrogens is 368 g/mol. The number of ether oxygens (including phenoxy) is 2. The molecule has 3 aromatic rings. The molecule has 0 aliphatic heterocycles. The number of hydrogen-bond acceptors (Lipinski definition) is 6. The van der Waals surface area contributed by atoms with Crippen molar-refractivity contribution in [3.63, 3.8) is 0 Å². The summed E-state index contributed by atoms with van der Waals surface area (Å²) in [5, 5.41) is 3.12. The molecule has 6 heteroatoms. The van der Waals surface area contributed by atoms with E-state index in [0.717, 1.165) is 28.3 Å². The molecule has 0 aliphatic carbocycles. The maximum atomic E-state index is 11.2. The van der Waals surface area contributed by atoms with Crippen molar-refractivity contribution in [3.8, 4) is 17.2 Å². The van der Waals surface area contributed by atoms with Gasteiger partial charge in [-0.25, -0.2) is 4.98 Å². The van der Waals surface area contributed by atoms with Crippen LogP contribution in [0.5, 0.6) is 5.75 Å². The third-order valence-electron chi connectivity index (χ3n) is 4.68. The van der Waals surface area contributed by atoms with Gasteiger partial charge < -0.3 is 19.2 Å². The molecule has 0 radical (unpaired) electrons.